The zero-order valence-corrected chi connectivity index (χ0v) is 22.3. The van der Waals surface area contributed by atoms with Crippen LogP contribution in [0.15, 0.2) is 70.9 Å². The van der Waals surface area contributed by atoms with Crippen LogP contribution >= 0.6 is 0 Å². The third kappa shape index (κ3) is 7.95. The second-order valence-electron chi connectivity index (χ2n) is 9.53. The van der Waals surface area contributed by atoms with E-state index in [0.717, 1.165) is 11.1 Å². The monoisotopic (exact) mass is 466 g/mol. The van der Waals surface area contributed by atoms with Crippen molar-refractivity contribution in [1.29, 1.82) is 0 Å². The van der Waals surface area contributed by atoms with Gasteiger partial charge in [-0.15, -0.1) is 0 Å². The summed E-state index contributed by atoms with van der Waals surface area (Å²) in [5.41, 5.74) is 6.66. The standard InChI is InChI=1S/C30H42O4/c1-22(14-15-26-24(3)13-10-17-30(26,4)5)11-9-12-23(2)16-18-34-21-25-19-27(31-6)29(33-8)28(20-25)32-7/h9,11-12,14-16,19-20H,10,13,17-18,21H2,1-8H3. The third-order valence-corrected chi connectivity index (χ3v) is 6.29. The van der Waals surface area contributed by atoms with Gasteiger partial charge in [0.15, 0.2) is 11.5 Å². The van der Waals surface area contributed by atoms with Crippen LogP contribution in [0.5, 0.6) is 17.2 Å². The molecule has 0 atom stereocenters. The summed E-state index contributed by atoms with van der Waals surface area (Å²) in [5, 5.41) is 0. The molecule has 2 rings (SSSR count). The van der Waals surface area contributed by atoms with Crippen LogP contribution < -0.4 is 14.2 Å². The summed E-state index contributed by atoms with van der Waals surface area (Å²) >= 11 is 0. The minimum Gasteiger partial charge on any atom is -0.493 e. The number of rotatable bonds is 11. The molecule has 0 radical (unpaired) electrons. The quantitative estimate of drug-likeness (QED) is 0.247. The highest BCUT2D eigenvalue weighted by molar-refractivity contribution is 5.53. The van der Waals surface area contributed by atoms with Crippen molar-refractivity contribution in [2.45, 2.75) is 60.5 Å². The summed E-state index contributed by atoms with van der Waals surface area (Å²) in [4.78, 5) is 0. The van der Waals surface area contributed by atoms with Crippen LogP contribution in [0.25, 0.3) is 0 Å². The lowest BCUT2D eigenvalue weighted by molar-refractivity contribution is 0.148. The number of allylic oxidation sites excluding steroid dienone is 9. The van der Waals surface area contributed by atoms with Crippen molar-refractivity contribution in [1.82, 2.24) is 0 Å². The highest BCUT2D eigenvalue weighted by Gasteiger charge is 2.26. The molecular formula is C30H42O4. The van der Waals surface area contributed by atoms with E-state index in [9.17, 15) is 0 Å². The van der Waals surface area contributed by atoms with Crippen LogP contribution in [-0.4, -0.2) is 27.9 Å². The van der Waals surface area contributed by atoms with Gasteiger partial charge in [-0.2, -0.15) is 0 Å². The Labute approximate surface area is 206 Å². The van der Waals surface area contributed by atoms with Gasteiger partial charge in [-0.1, -0.05) is 67.0 Å². The fourth-order valence-corrected chi connectivity index (χ4v) is 4.29. The second-order valence-corrected chi connectivity index (χ2v) is 9.53. The van der Waals surface area contributed by atoms with Crippen LogP contribution in [0.3, 0.4) is 0 Å². The predicted octanol–water partition coefficient (Wildman–Crippen LogP) is 7.76. The molecule has 0 saturated carbocycles. The van der Waals surface area contributed by atoms with Crippen molar-refractivity contribution in [3.8, 4) is 17.2 Å². The Morgan fingerprint density at radius 2 is 1.65 bits per heavy atom. The number of methoxy groups -OCH3 is 3. The average Bonchev–Trinajstić information content (AvgIpc) is 2.80. The van der Waals surface area contributed by atoms with E-state index in [4.69, 9.17) is 18.9 Å². The SMILES string of the molecule is COc1cc(COCC=C(C)C=CC=C(C)C=CC2=C(C)CCCC2(C)C)cc(OC)c1OC. The smallest absolute Gasteiger partial charge is 0.203 e. The highest BCUT2D eigenvalue weighted by atomic mass is 16.5. The van der Waals surface area contributed by atoms with Gasteiger partial charge >= 0.3 is 0 Å². The summed E-state index contributed by atoms with van der Waals surface area (Å²) in [6.45, 7) is 12.2. The zero-order chi connectivity index (χ0) is 25.1. The maximum absolute atomic E-state index is 5.83. The van der Waals surface area contributed by atoms with Crippen molar-refractivity contribution < 1.29 is 18.9 Å². The first kappa shape index (κ1) is 27.5. The summed E-state index contributed by atoms with van der Waals surface area (Å²) in [7, 11) is 4.82. The lowest BCUT2D eigenvalue weighted by Gasteiger charge is -2.32. The van der Waals surface area contributed by atoms with E-state index in [0.29, 0.717) is 30.5 Å². The van der Waals surface area contributed by atoms with Crippen molar-refractivity contribution in [3.63, 3.8) is 0 Å². The van der Waals surface area contributed by atoms with Gasteiger partial charge in [-0.05, 0) is 68.7 Å². The van der Waals surface area contributed by atoms with Crippen molar-refractivity contribution in [2.24, 2.45) is 5.41 Å². The molecule has 1 aliphatic carbocycles. The van der Waals surface area contributed by atoms with Crippen LogP contribution in [0.4, 0.5) is 0 Å². The van der Waals surface area contributed by atoms with E-state index in [2.05, 4.69) is 71.1 Å². The molecule has 1 aromatic rings. The molecule has 4 nitrogen and oxygen atoms in total. The Bertz CT molecular complexity index is 949. The Morgan fingerprint density at radius 1 is 0.971 bits per heavy atom. The minimum atomic E-state index is 0.274. The van der Waals surface area contributed by atoms with Crippen LogP contribution in [-0.2, 0) is 11.3 Å². The second kappa shape index (κ2) is 13.2. The first-order valence-corrected chi connectivity index (χ1v) is 12.0. The van der Waals surface area contributed by atoms with E-state index in [1.807, 2.05) is 12.1 Å². The zero-order valence-electron chi connectivity index (χ0n) is 22.3. The largest absolute Gasteiger partial charge is 0.493 e. The Kier molecular flexibility index (Phi) is 10.7. The summed E-state index contributed by atoms with van der Waals surface area (Å²) in [5.74, 6) is 1.84. The molecule has 1 aliphatic rings. The summed E-state index contributed by atoms with van der Waals surface area (Å²) < 4.78 is 22.0. The summed E-state index contributed by atoms with van der Waals surface area (Å²) in [6.07, 6.45) is 16.8. The molecule has 0 aliphatic heterocycles. The van der Waals surface area contributed by atoms with E-state index < -0.39 is 0 Å². The highest BCUT2D eigenvalue weighted by Crippen LogP contribution is 2.41. The molecule has 4 heteroatoms. The van der Waals surface area contributed by atoms with E-state index >= 15 is 0 Å². The maximum Gasteiger partial charge on any atom is 0.203 e. The molecule has 0 saturated heterocycles. The van der Waals surface area contributed by atoms with Gasteiger partial charge in [0, 0.05) is 0 Å². The topological polar surface area (TPSA) is 36.9 Å². The van der Waals surface area contributed by atoms with Crippen molar-refractivity contribution in [2.75, 3.05) is 27.9 Å². The number of hydrogen-bond donors (Lipinski definition) is 0. The molecule has 0 fully saturated rings. The van der Waals surface area contributed by atoms with Gasteiger partial charge in [0.2, 0.25) is 5.75 Å². The fourth-order valence-electron chi connectivity index (χ4n) is 4.29. The van der Waals surface area contributed by atoms with Gasteiger partial charge in [-0.25, -0.2) is 0 Å². The van der Waals surface area contributed by atoms with Gasteiger partial charge in [0.25, 0.3) is 0 Å². The molecule has 0 spiro atoms. The molecule has 186 valence electrons. The number of benzene rings is 1. The molecule has 34 heavy (non-hydrogen) atoms. The van der Waals surface area contributed by atoms with Gasteiger partial charge < -0.3 is 18.9 Å². The minimum absolute atomic E-state index is 0.274. The first-order valence-electron chi connectivity index (χ1n) is 12.0. The van der Waals surface area contributed by atoms with Crippen molar-refractivity contribution >= 4 is 0 Å². The number of ether oxygens (including phenoxy) is 4. The Balaban J connectivity index is 1.90. The molecule has 1 aromatic carbocycles. The lowest BCUT2D eigenvalue weighted by atomic mass is 9.72. The van der Waals surface area contributed by atoms with Gasteiger partial charge in [0.05, 0.1) is 34.5 Å². The third-order valence-electron chi connectivity index (χ3n) is 6.29. The van der Waals surface area contributed by atoms with Crippen LogP contribution in [0, 0.1) is 5.41 Å². The Morgan fingerprint density at radius 3 is 2.24 bits per heavy atom. The molecule has 0 bridgehead atoms. The van der Waals surface area contributed by atoms with Crippen molar-refractivity contribution in [3.05, 3.63) is 76.4 Å². The molecule has 0 aromatic heterocycles. The van der Waals surface area contributed by atoms with Crippen LogP contribution in [0.2, 0.25) is 0 Å². The predicted molar refractivity (Wildman–Crippen MR) is 142 cm³/mol. The van der Waals surface area contributed by atoms with E-state index in [1.165, 1.54) is 36.0 Å². The molecule has 0 unspecified atom stereocenters. The summed E-state index contributed by atoms with van der Waals surface area (Å²) in [6, 6.07) is 3.82. The molecule has 0 heterocycles. The molecule has 0 N–H and O–H groups in total. The normalized spacial score (nSPS) is 17.1. The fraction of sp³-hybridized carbons (Fsp3) is 0.467. The van der Waals surface area contributed by atoms with E-state index in [1.54, 1.807) is 21.3 Å². The lowest BCUT2D eigenvalue weighted by Crippen LogP contribution is -2.19. The number of hydrogen-bond acceptors (Lipinski definition) is 4. The first-order chi connectivity index (χ1) is 16.2. The molecular weight excluding hydrogens is 424 g/mol. The molecule has 0 amide bonds. The Hall–Kier alpha value is -2.72. The average molecular weight is 467 g/mol. The van der Waals surface area contributed by atoms with Gasteiger partial charge in [-0.3, -0.25) is 0 Å². The van der Waals surface area contributed by atoms with Crippen LogP contribution in [0.1, 0.15) is 59.4 Å². The van der Waals surface area contributed by atoms with Gasteiger partial charge in [0.1, 0.15) is 0 Å². The van der Waals surface area contributed by atoms with E-state index in [-0.39, 0.29) is 5.41 Å². The maximum atomic E-state index is 5.83.